The summed E-state index contributed by atoms with van der Waals surface area (Å²) in [6, 6.07) is 6.38. The van der Waals surface area contributed by atoms with E-state index >= 15 is 0 Å². The predicted octanol–water partition coefficient (Wildman–Crippen LogP) is 2.37. The number of hydrogen-bond donors (Lipinski definition) is 0. The standard InChI is InChI=1S/C19H26N2O5S/c1-5-16(20-26-6-2)19-17(22)11-14(12-18(19)23)13-7-9-15(10-8-13)27(24,25)21(3)4/h7-10,14,19H,5-6,11-12H2,1-4H3. The van der Waals surface area contributed by atoms with Crippen LogP contribution in [0, 0.1) is 5.92 Å². The Labute approximate surface area is 160 Å². The number of carbonyl (C=O) groups is 2. The summed E-state index contributed by atoms with van der Waals surface area (Å²) in [6.07, 6.45) is 0.923. The Hall–Kier alpha value is -2.06. The molecule has 0 bridgehead atoms. The zero-order valence-electron chi connectivity index (χ0n) is 16.1. The van der Waals surface area contributed by atoms with E-state index in [0.29, 0.717) is 18.7 Å². The maximum absolute atomic E-state index is 12.6. The number of nitrogens with zero attached hydrogens (tertiary/aromatic N) is 2. The van der Waals surface area contributed by atoms with Gasteiger partial charge in [-0.2, -0.15) is 0 Å². The quantitative estimate of drug-likeness (QED) is 0.402. The first-order valence-electron chi connectivity index (χ1n) is 8.99. The summed E-state index contributed by atoms with van der Waals surface area (Å²) in [5, 5.41) is 3.94. The first-order chi connectivity index (χ1) is 12.7. The van der Waals surface area contributed by atoms with Gasteiger partial charge in [0, 0.05) is 26.9 Å². The summed E-state index contributed by atoms with van der Waals surface area (Å²) >= 11 is 0. The Morgan fingerprint density at radius 2 is 1.67 bits per heavy atom. The molecule has 1 aromatic carbocycles. The van der Waals surface area contributed by atoms with Crippen molar-refractivity contribution in [3.63, 3.8) is 0 Å². The lowest BCUT2D eigenvalue weighted by Crippen LogP contribution is -2.38. The SMILES string of the molecule is CCON=C(CC)C1C(=O)CC(c2ccc(S(=O)(=O)N(C)C)cc2)CC1=O. The summed E-state index contributed by atoms with van der Waals surface area (Å²) in [5.41, 5.74) is 1.25. The molecule has 0 N–H and O–H groups in total. The van der Waals surface area contributed by atoms with E-state index in [1.165, 1.54) is 26.2 Å². The maximum Gasteiger partial charge on any atom is 0.242 e. The second-order valence-corrected chi connectivity index (χ2v) is 8.83. The van der Waals surface area contributed by atoms with E-state index in [2.05, 4.69) is 5.16 Å². The van der Waals surface area contributed by atoms with Gasteiger partial charge in [-0.05, 0) is 37.0 Å². The number of oxime groups is 1. The number of ketones is 2. The van der Waals surface area contributed by atoms with E-state index in [1.54, 1.807) is 19.1 Å². The van der Waals surface area contributed by atoms with Crippen LogP contribution in [0.25, 0.3) is 0 Å². The van der Waals surface area contributed by atoms with Gasteiger partial charge in [-0.15, -0.1) is 0 Å². The lowest BCUT2D eigenvalue weighted by molar-refractivity contribution is -0.133. The average Bonchev–Trinajstić information content (AvgIpc) is 2.63. The molecule has 0 unspecified atom stereocenters. The van der Waals surface area contributed by atoms with Crippen LogP contribution in [0.3, 0.4) is 0 Å². The van der Waals surface area contributed by atoms with Crippen molar-refractivity contribution in [2.45, 2.75) is 43.9 Å². The van der Waals surface area contributed by atoms with Crippen molar-refractivity contribution >= 4 is 27.3 Å². The van der Waals surface area contributed by atoms with Crippen LogP contribution in [-0.4, -0.2) is 50.7 Å². The molecule has 0 saturated heterocycles. The predicted molar refractivity (Wildman–Crippen MR) is 102 cm³/mol. The fourth-order valence-corrected chi connectivity index (χ4v) is 4.07. The third-order valence-corrected chi connectivity index (χ3v) is 6.50. The van der Waals surface area contributed by atoms with Crippen LogP contribution in [0.5, 0.6) is 0 Å². The second-order valence-electron chi connectivity index (χ2n) is 6.68. The van der Waals surface area contributed by atoms with Gasteiger partial charge in [-0.3, -0.25) is 9.59 Å². The lowest BCUT2D eigenvalue weighted by atomic mass is 9.75. The van der Waals surface area contributed by atoms with Crippen LogP contribution in [0.15, 0.2) is 34.3 Å². The zero-order valence-corrected chi connectivity index (χ0v) is 17.0. The topological polar surface area (TPSA) is 93.1 Å². The van der Waals surface area contributed by atoms with E-state index in [9.17, 15) is 18.0 Å². The Kier molecular flexibility index (Phi) is 6.89. The first kappa shape index (κ1) is 21.2. The van der Waals surface area contributed by atoms with E-state index < -0.39 is 15.9 Å². The van der Waals surface area contributed by atoms with Crippen molar-refractivity contribution in [2.24, 2.45) is 11.1 Å². The highest BCUT2D eigenvalue weighted by Gasteiger charge is 2.39. The molecule has 1 aromatic rings. The Bertz CT molecular complexity index is 810. The van der Waals surface area contributed by atoms with Gasteiger partial charge in [-0.25, -0.2) is 12.7 Å². The van der Waals surface area contributed by atoms with Crippen molar-refractivity contribution in [1.82, 2.24) is 4.31 Å². The monoisotopic (exact) mass is 394 g/mol. The molecule has 0 spiro atoms. The van der Waals surface area contributed by atoms with Gasteiger partial charge in [0.05, 0.1) is 10.6 Å². The molecule has 8 heteroatoms. The van der Waals surface area contributed by atoms with Crippen molar-refractivity contribution in [3.05, 3.63) is 29.8 Å². The highest BCUT2D eigenvalue weighted by molar-refractivity contribution is 7.89. The van der Waals surface area contributed by atoms with Crippen LogP contribution in [0.1, 0.15) is 44.6 Å². The zero-order chi connectivity index (χ0) is 20.2. The average molecular weight is 394 g/mol. The molecule has 2 rings (SSSR count). The molecule has 1 fully saturated rings. The molecule has 0 aromatic heterocycles. The Balaban J connectivity index is 2.20. The first-order valence-corrected chi connectivity index (χ1v) is 10.4. The Morgan fingerprint density at radius 1 is 1.11 bits per heavy atom. The van der Waals surface area contributed by atoms with Crippen molar-refractivity contribution in [3.8, 4) is 0 Å². The number of carbonyl (C=O) groups excluding carboxylic acids is 2. The van der Waals surface area contributed by atoms with Gasteiger partial charge in [0.2, 0.25) is 10.0 Å². The molecule has 0 aliphatic heterocycles. The molecule has 0 atom stereocenters. The summed E-state index contributed by atoms with van der Waals surface area (Å²) in [7, 11) is -0.570. The molecular weight excluding hydrogens is 368 g/mol. The number of rotatable bonds is 7. The van der Waals surface area contributed by atoms with E-state index in [-0.39, 0.29) is 35.2 Å². The van der Waals surface area contributed by atoms with Crippen LogP contribution < -0.4 is 0 Å². The third-order valence-electron chi connectivity index (χ3n) is 4.68. The van der Waals surface area contributed by atoms with Gasteiger partial charge >= 0.3 is 0 Å². The minimum atomic E-state index is -3.51. The summed E-state index contributed by atoms with van der Waals surface area (Å²) in [5.74, 6) is -1.41. The summed E-state index contributed by atoms with van der Waals surface area (Å²) in [4.78, 5) is 30.4. The van der Waals surface area contributed by atoms with Gasteiger partial charge in [-0.1, -0.05) is 24.2 Å². The van der Waals surface area contributed by atoms with Crippen LogP contribution >= 0.6 is 0 Å². The minimum absolute atomic E-state index is 0.165. The number of sulfonamides is 1. The van der Waals surface area contributed by atoms with Crippen molar-refractivity contribution < 1.29 is 22.8 Å². The van der Waals surface area contributed by atoms with Crippen LogP contribution in [-0.2, 0) is 24.4 Å². The fourth-order valence-electron chi connectivity index (χ4n) is 3.17. The smallest absolute Gasteiger partial charge is 0.242 e. The van der Waals surface area contributed by atoms with E-state index in [0.717, 1.165) is 9.87 Å². The van der Waals surface area contributed by atoms with E-state index in [4.69, 9.17) is 4.84 Å². The Morgan fingerprint density at radius 3 is 2.11 bits per heavy atom. The molecule has 148 valence electrons. The summed E-state index contributed by atoms with van der Waals surface area (Å²) in [6.45, 7) is 4.01. The van der Waals surface area contributed by atoms with Crippen LogP contribution in [0.4, 0.5) is 0 Å². The third kappa shape index (κ3) is 4.62. The number of Topliss-reactive ketones (excluding diaryl/α,β-unsaturated/α-hetero) is 2. The van der Waals surface area contributed by atoms with E-state index in [1.807, 2.05) is 6.92 Å². The molecular formula is C19H26N2O5S. The van der Waals surface area contributed by atoms with Gasteiger partial charge < -0.3 is 4.84 Å². The minimum Gasteiger partial charge on any atom is -0.396 e. The fraction of sp³-hybridized carbons (Fsp3) is 0.526. The lowest BCUT2D eigenvalue weighted by Gasteiger charge is -2.27. The molecule has 1 saturated carbocycles. The molecule has 0 radical (unpaired) electrons. The highest BCUT2D eigenvalue weighted by Crippen LogP contribution is 2.33. The highest BCUT2D eigenvalue weighted by atomic mass is 32.2. The van der Waals surface area contributed by atoms with Gasteiger partial charge in [0.1, 0.15) is 24.1 Å². The number of benzene rings is 1. The maximum atomic E-state index is 12.6. The number of hydrogen-bond acceptors (Lipinski definition) is 6. The van der Waals surface area contributed by atoms with Gasteiger partial charge in [0.15, 0.2) is 0 Å². The normalized spacial score (nSPS) is 21.6. The van der Waals surface area contributed by atoms with Crippen LogP contribution in [0.2, 0.25) is 0 Å². The van der Waals surface area contributed by atoms with Crippen molar-refractivity contribution in [1.29, 1.82) is 0 Å². The molecule has 27 heavy (non-hydrogen) atoms. The molecule has 1 aliphatic rings. The molecule has 0 amide bonds. The molecule has 7 nitrogen and oxygen atoms in total. The summed E-state index contributed by atoms with van der Waals surface area (Å²) < 4.78 is 25.5. The van der Waals surface area contributed by atoms with Gasteiger partial charge in [0.25, 0.3) is 0 Å². The second kappa shape index (κ2) is 8.75. The molecule has 0 heterocycles. The molecule has 1 aliphatic carbocycles. The van der Waals surface area contributed by atoms with Crippen molar-refractivity contribution in [2.75, 3.05) is 20.7 Å². The largest absolute Gasteiger partial charge is 0.396 e.